The number of hydrogen-bond acceptors (Lipinski definition) is 1. The topological polar surface area (TPSA) is 13.1 Å². The second-order valence-electron chi connectivity index (χ2n) is 15.5. The average Bonchev–Trinajstić information content (AvgIpc) is 3.86. The van der Waals surface area contributed by atoms with Gasteiger partial charge in [-0.2, -0.15) is 0 Å². The lowest BCUT2D eigenvalue weighted by atomic mass is 9.60. The molecule has 54 heavy (non-hydrogen) atoms. The van der Waals surface area contributed by atoms with E-state index in [1.807, 2.05) is 0 Å². The second kappa shape index (κ2) is 10.2. The molecule has 250 valence electrons. The van der Waals surface area contributed by atoms with Gasteiger partial charge in [0.25, 0.3) is 0 Å². The molecule has 0 aliphatic heterocycles. The Morgan fingerprint density at radius 3 is 2.17 bits per heavy atom. The monoisotopic (exact) mass is 684 g/mol. The highest BCUT2D eigenvalue weighted by molar-refractivity contribution is 6.04. The summed E-state index contributed by atoms with van der Waals surface area (Å²) in [7, 11) is 0. The Balaban J connectivity index is 1.04. The Labute approximate surface area is 313 Å². The van der Waals surface area contributed by atoms with E-state index in [1.165, 1.54) is 99.7 Å². The first-order chi connectivity index (χ1) is 26.8. The molecule has 1 spiro atoms. The minimum atomic E-state index is -0.481. The highest BCUT2D eigenvalue weighted by atomic mass is 16.3. The number of para-hydroxylation sites is 1. The molecule has 6 aromatic carbocycles. The van der Waals surface area contributed by atoms with Crippen molar-refractivity contribution in [2.45, 2.75) is 5.41 Å². The predicted molar refractivity (Wildman–Crippen MR) is 221 cm³/mol. The van der Waals surface area contributed by atoms with Crippen LogP contribution in [0.1, 0.15) is 33.4 Å². The van der Waals surface area contributed by atoms with Crippen LogP contribution in [0.5, 0.6) is 0 Å². The minimum Gasteiger partial charge on any atom is -0.456 e. The van der Waals surface area contributed by atoms with Crippen molar-refractivity contribution in [1.82, 2.24) is 0 Å². The molecule has 0 bridgehead atoms. The number of furan rings is 1. The summed E-state index contributed by atoms with van der Waals surface area (Å²) in [5.41, 5.74) is 20.3. The lowest BCUT2D eigenvalue weighted by molar-refractivity contribution is 0.571. The van der Waals surface area contributed by atoms with Crippen LogP contribution in [-0.4, -0.2) is 0 Å². The van der Waals surface area contributed by atoms with Gasteiger partial charge in [0.05, 0.1) is 5.41 Å². The van der Waals surface area contributed by atoms with Gasteiger partial charge in [-0.15, -0.1) is 0 Å². The number of rotatable bonds is 2. The summed E-state index contributed by atoms with van der Waals surface area (Å²) in [4.78, 5) is 0. The quantitative estimate of drug-likeness (QED) is 0.177. The molecule has 6 aliphatic rings. The molecule has 1 heteroatoms. The molecule has 0 saturated carbocycles. The Morgan fingerprint density at radius 1 is 0.519 bits per heavy atom. The lowest BCUT2D eigenvalue weighted by Crippen LogP contribution is -2.31. The zero-order chi connectivity index (χ0) is 35.1. The maximum Gasteiger partial charge on any atom is 0.140 e. The summed E-state index contributed by atoms with van der Waals surface area (Å²) >= 11 is 0. The highest BCUT2D eigenvalue weighted by Gasteiger charge is 2.54. The molecule has 0 amide bonds. The number of allylic oxidation sites excluding steroid dienone is 14. The van der Waals surface area contributed by atoms with Crippen LogP contribution in [0.25, 0.3) is 55.3 Å². The largest absolute Gasteiger partial charge is 0.456 e. The SMILES string of the molecule is C1=CC2=CC(c3ccc4c(c3)C3(c5ccccc5-4)c4ccccc4-c4oc5ccccc5c43)=C3C=CC=C4C=C(c5cccc6ccccc56)C(=C1)C2C43. The van der Waals surface area contributed by atoms with Crippen molar-refractivity contribution in [2.75, 3.05) is 0 Å². The van der Waals surface area contributed by atoms with Crippen molar-refractivity contribution >= 4 is 32.9 Å². The summed E-state index contributed by atoms with van der Waals surface area (Å²) in [5.74, 6) is 1.53. The summed E-state index contributed by atoms with van der Waals surface area (Å²) in [6.45, 7) is 0. The lowest BCUT2D eigenvalue weighted by Gasteiger charge is -2.43. The van der Waals surface area contributed by atoms with Gasteiger partial charge in [-0.25, -0.2) is 0 Å². The number of fused-ring (bicyclic) bond motifs is 13. The van der Waals surface area contributed by atoms with Crippen molar-refractivity contribution in [1.29, 1.82) is 0 Å². The van der Waals surface area contributed by atoms with E-state index in [2.05, 4.69) is 182 Å². The third-order valence-corrected chi connectivity index (χ3v) is 13.1. The Hall–Kier alpha value is -6.70. The third-order valence-electron chi connectivity index (χ3n) is 13.1. The molecule has 1 aromatic heterocycles. The molecule has 3 unspecified atom stereocenters. The van der Waals surface area contributed by atoms with Crippen LogP contribution >= 0.6 is 0 Å². The molecule has 0 fully saturated rings. The predicted octanol–water partition coefficient (Wildman–Crippen LogP) is 12.9. The molecule has 0 N–H and O–H groups in total. The van der Waals surface area contributed by atoms with Gasteiger partial charge in [-0.05, 0) is 95.3 Å². The first kappa shape index (κ1) is 28.8. The molecule has 1 heterocycles. The van der Waals surface area contributed by atoms with Gasteiger partial charge in [-0.3, -0.25) is 0 Å². The van der Waals surface area contributed by atoms with E-state index in [9.17, 15) is 0 Å². The third kappa shape index (κ3) is 3.46. The van der Waals surface area contributed by atoms with Crippen molar-refractivity contribution in [2.24, 2.45) is 11.8 Å². The number of benzene rings is 6. The maximum absolute atomic E-state index is 6.77. The van der Waals surface area contributed by atoms with E-state index < -0.39 is 5.41 Å². The van der Waals surface area contributed by atoms with Crippen molar-refractivity contribution in [3.63, 3.8) is 0 Å². The minimum absolute atomic E-state index is 0.260. The Bertz CT molecular complexity index is 3100. The van der Waals surface area contributed by atoms with Gasteiger partial charge in [0.2, 0.25) is 0 Å². The molecular formula is C53H32O. The zero-order valence-corrected chi connectivity index (χ0v) is 29.4. The van der Waals surface area contributed by atoms with E-state index in [-0.39, 0.29) is 11.8 Å². The fourth-order valence-electron chi connectivity index (χ4n) is 11.0. The fraction of sp³-hybridized carbons (Fsp3) is 0.0566. The van der Waals surface area contributed by atoms with E-state index in [0.717, 1.165) is 11.3 Å². The summed E-state index contributed by atoms with van der Waals surface area (Å²) in [6, 6.07) is 49.4. The zero-order valence-electron chi connectivity index (χ0n) is 29.4. The van der Waals surface area contributed by atoms with E-state index in [4.69, 9.17) is 4.42 Å². The van der Waals surface area contributed by atoms with Gasteiger partial charge in [0.15, 0.2) is 0 Å². The molecule has 13 rings (SSSR count). The standard InChI is InChI=1S/C53H32O/c1-2-16-35-31(12-1)13-9-20-36(35)44-29-34-15-10-21-39-43(28-33-14-11-22-40(44)50(33)49(34)39)32-26-27-38-37-17-3-6-23-45(37)53(47(38)30-32)46-24-7-4-18-41(46)52-51(53)42-19-5-8-25-48(42)54-52/h1-30,49-50H. The van der Waals surface area contributed by atoms with E-state index in [1.54, 1.807) is 0 Å². The van der Waals surface area contributed by atoms with Crippen LogP contribution < -0.4 is 0 Å². The highest BCUT2D eigenvalue weighted by Crippen LogP contribution is 2.65. The summed E-state index contributed by atoms with van der Waals surface area (Å²) in [5, 5.41) is 3.77. The maximum atomic E-state index is 6.77. The molecule has 3 atom stereocenters. The molecule has 0 radical (unpaired) electrons. The van der Waals surface area contributed by atoms with Gasteiger partial charge in [0, 0.05) is 28.3 Å². The fourth-order valence-corrected chi connectivity index (χ4v) is 11.0. The summed E-state index contributed by atoms with van der Waals surface area (Å²) in [6.07, 6.45) is 19.0. The van der Waals surface area contributed by atoms with Crippen LogP contribution in [0.4, 0.5) is 0 Å². The average molecular weight is 685 g/mol. The Morgan fingerprint density at radius 2 is 1.24 bits per heavy atom. The van der Waals surface area contributed by atoms with Crippen LogP contribution in [-0.2, 0) is 5.41 Å². The van der Waals surface area contributed by atoms with Gasteiger partial charge in [-0.1, -0.05) is 170 Å². The second-order valence-corrected chi connectivity index (χ2v) is 15.5. The van der Waals surface area contributed by atoms with Crippen LogP contribution in [0, 0.1) is 11.8 Å². The van der Waals surface area contributed by atoms with E-state index >= 15 is 0 Å². The van der Waals surface area contributed by atoms with Crippen molar-refractivity contribution in [3.8, 4) is 22.5 Å². The molecular weight excluding hydrogens is 653 g/mol. The van der Waals surface area contributed by atoms with Gasteiger partial charge >= 0.3 is 0 Å². The number of hydrogen-bond donors (Lipinski definition) is 0. The first-order valence-electron chi connectivity index (χ1n) is 19.1. The van der Waals surface area contributed by atoms with Crippen molar-refractivity contribution in [3.05, 3.63) is 238 Å². The molecule has 6 aliphatic carbocycles. The van der Waals surface area contributed by atoms with Crippen molar-refractivity contribution < 1.29 is 4.42 Å². The normalized spacial score (nSPS) is 22.0. The van der Waals surface area contributed by atoms with Crippen LogP contribution in [0.2, 0.25) is 0 Å². The molecule has 1 nitrogen and oxygen atoms in total. The molecule has 7 aromatic rings. The van der Waals surface area contributed by atoms with Gasteiger partial charge in [0.1, 0.15) is 11.3 Å². The Kier molecular flexibility index (Phi) is 5.47. The summed E-state index contributed by atoms with van der Waals surface area (Å²) < 4.78 is 6.77. The van der Waals surface area contributed by atoms with Crippen LogP contribution in [0.15, 0.2) is 209 Å². The van der Waals surface area contributed by atoms with Gasteiger partial charge < -0.3 is 4.42 Å². The molecule has 0 saturated heterocycles. The first-order valence-corrected chi connectivity index (χ1v) is 19.1. The van der Waals surface area contributed by atoms with Crippen LogP contribution in [0.3, 0.4) is 0 Å². The van der Waals surface area contributed by atoms with E-state index in [0.29, 0.717) is 0 Å². The smallest absolute Gasteiger partial charge is 0.140 e.